The number of fused-ring (bicyclic) bond motifs is 2. The van der Waals surface area contributed by atoms with Gasteiger partial charge in [-0.05, 0) is 31.5 Å². The molecular formula is C18H16N8O. The van der Waals surface area contributed by atoms with Gasteiger partial charge in [-0.15, -0.1) is 5.10 Å². The second-order valence-electron chi connectivity index (χ2n) is 6.93. The predicted molar refractivity (Wildman–Crippen MR) is 99.7 cm³/mol. The number of benzene rings is 1. The SMILES string of the molecule is CC1(C)C(=O)Nc2cc(Nc3nc4c(-c5cn[nH]c5)nccn4n3)ccc21. The first kappa shape index (κ1) is 15.5. The molecule has 0 saturated heterocycles. The molecule has 0 fully saturated rings. The highest BCUT2D eigenvalue weighted by Crippen LogP contribution is 2.38. The Morgan fingerprint density at radius 1 is 1.26 bits per heavy atom. The molecule has 4 heterocycles. The van der Waals surface area contributed by atoms with E-state index in [0.29, 0.717) is 17.3 Å². The maximum Gasteiger partial charge on any atom is 0.247 e. The van der Waals surface area contributed by atoms with Gasteiger partial charge >= 0.3 is 0 Å². The van der Waals surface area contributed by atoms with Gasteiger partial charge in [-0.25, -0.2) is 4.52 Å². The molecule has 0 unspecified atom stereocenters. The lowest BCUT2D eigenvalue weighted by atomic mass is 9.86. The number of hydrogen-bond acceptors (Lipinski definition) is 6. The van der Waals surface area contributed by atoms with Crippen LogP contribution < -0.4 is 10.6 Å². The van der Waals surface area contributed by atoms with Crippen molar-refractivity contribution in [3.05, 3.63) is 48.5 Å². The van der Waals surface area contributed by atoms with Crippen LogP contribution in [0.1, 0.15) is 19.4 Å². The normalized spacial score (nSPS) is 15.0. The van der Waals surface area contributed by atoms with Crippen LogP contribution in [0.25, 0.3) is 16.9 Å². The Kier molecular flexibility index (Phi) is 3.08. The van der Waals surface area contributed by atoms with Gasteiger partial charge in [0, 0.05) is 35.5 Å². The van der Waals surface area contributed by atoms with E-state index in [9.17, 15) is 4.79 Å². The molecule has 27 heavy (non-hydrogen) atoms. The van der Waals surface area contributed by atoms with Crippen molar-refractivity contribution in [2.75, 3.05) is 10.6 Å². The zero-order valence-electron chi connectivity index (χ0n) is 14.7. The van der Waals surface area contributed by atoms with Crippen LogP contribution in [0.3, 0.4) is 0 Å². The van der Waals surface area contributed by atoms with E-state index in [-0.39, 0.29) is 5.91 Å². The van der Waals surface area contributed by atoms with Crippen LogP contribution in [0.2, 0.25) is 0 Å². The summed E-state index contributed by atoms with van der Waals surface area (Å²) >= 11 is 0. The topological polar surface area (TPSA) is 113 Å². The minimum Gasteiger partial charge on any atom is -0.325 e. The number of H-pyrrole nitrogens is 1. The number of aromatic amines is 1. The van der Waals surface area contributed by atoms with Gasteiger partial charge in [-0.1, -0.05) is 6.07 Å². The van der Waals surface area contributed by atoms with Gasteiger partial charge in [0.15, 0.2) is 5.65 Å². The minimum absolute atomic E-state index is 0.00340. The Labute approximate surface area is 153 Å². The minimum atomic E-state index is -0.527. The summed E-state index contributed by atoms with van der Waals surface area (Å²) < 4.78 is 1.66. The van der Waals surface area contributed by atoms with E-state index in [1.807, 2.05) is 32.0 Å². The molecule has 0 saturated carbocycles. The smallest absolute Gasteiger partial charge is 0.247 e. The molecule has 0 aliphatic carbocycles. The van der Waals surface area contributed by atoms with Gasteiger partial charge in [-0.2, -0.15) is 10.1 Å². The molecule has 1 amide bonds. The van der Waals surface area contributed by atoms with Gasteiger partial charge < -0.3 is 10.6 Å². The first-order valence-electron chi connectivity index (χ1n) is 8.46. The first-order chi connectivity index (χ1) is 13.0. The summed E-state index contributed by atoms with van der Waals surface area (Å²) in [4.78, 5) is 21.0. The maximum absolute atomic E-state index is 12.1. The number of nitrogens with one attached hydrogen (secondary N) is 3. The van der Waals surface area contributed by atoms with E-state index >= 15 is 0 Å². The Bertz CT molecular complexity index is 1180. The molecule has 9 heteroatoms. The van der Waals surface area contributed by atoms with Crippen LogP contribution in [-0.2, 0) is 10.2 Å². The van der Waals surface area contributed by atoms with Crippen molar-refractivity contribution in [1.29, 1.82) is 0 Å². The van der Waals surface area contributed by atoms with Crippen LogP contribution >= 0.6 is 0 Å². The van der Waals surface area contributed by atoms with E-state index in [1.165, 1.54) is 0 Å². The average Bonchev–Trinajstić information content (AvgIpc) is 3.34. The fraction of sp³-hybridized carbons (Fsp3) is 0.167. The summed E-state index contributed by atoms with van der Waals surface area (Å²) in [6.45, 7) is 3.82. The van der Waals surface area contributed by atoms with Gasteiger partial charge in [-0.3, -0.25) is 14.9 Å². The van der Waals surface area contributed by atoms with Gasteiger partial charge in [0.2, 0.25) is 11.9 Å². The number of amides is 1. The molecule has 0 atom stereocenters. The van der Waals surface area contributed by atoms with Crippen molar-refractivity contribution in [3.8, 4) is 11.3 Å². The lowest BCUT2D eigenvalue weighted by molar-refractivity contribution is -0.119. The van der Waals surface area contributed by atoms with E-state index in [4.69, 9.17) is 0 Å². The van der Waals surface area contributed by atoms with Gasteiger partial charge in [0.05, 0.1) is 11.6 Å². The highest BCUT2D eigenvalue weighted by Gasteiger charge is 2.38. The number of carbonyl (C=O) groups is 1. The second-order valence-corrected chi connectivity index (χ2v) is 6.93. The highest BCUT2D eigenvalue weighted by molar-refractivity contribution is 6.06. The monoisotopic (exact) mass is 360 g/mol. The van der Waals surface area contributed by atoms with E-state index in [0.717, 1.165) is 22.5 Å². The third-order valence-electron chi connectivity index (χ3n) is 4.79. The Hall–Kier alpha value is -3.75. The van der Waals surface area contributed by atoms with Crippen molar-refractivity contribution in [3.63, 3.8) is 0 Å². The zero-order chi connectivity index (χ0) is 18.6. The summed E-state index contributed by atoms with van der Waals surface area (Å²) in [6.07, 6.45) is 6.85. The molecule has 1 aromatic carbocycles. The quantitative estimate of drug-likeness (QED) is 0.517. The van der Waals surface area contributed by atoms with E-state index < -0.39 is 5.41 Å². The van der Waals surface area contributed by atoms with Gasteiger partial charge in [0.1, 0.15) is 5.69 Å². The third kappa shape index (κ3) is 2.35. The van der Waals surface area contributed by atoms with E-state index in [2.05, 4.69) is 35.9 Å². The summed E-state index contributed by atoms with van der Waals surface area (Å²) in [6, 6.07) is 5.76. The second kappa shape index (κ2) is 5.37. The number of anilines is 3. The summed E-state index contributed by atoms with van der Waals surface area (Å²) in [5.74, 6) is 0.438. The fourth-order valence-electron chi connectivity index (χ4n) is 3.25. The van der Waals surface area contributed by atoms with Crippen LogP contribution in [0.15, 0.2) is 43.0 Å². The summed E-state index contributed by atoms with van der Waals surface area (Å²) in [5, 5.41) is 17.3. The van der Waals surface area contributed by atoms with Crippen molar-refractivity contribution >= 4 is 28.9 Å². The molecule has 1 aliphatic rings. The standard InChI is InChI=1S/C18H16N8O/c1-18(2)12-4-3-11(7-13(12)23-16(18)27)22-17-24-15-14(10-8-20-21-9-10)19-5-6-26(15)25-17/h3-9H,1-2H3,(H,20,21)(H,22,25)(H,23,27). The molecule has 0 bridgehead atoms. The molecule has 134 valence electrons. The predicted octanol–water partition coefficient (Wildman–Crippen LogP) is 2.49. The Morgan fingerprint density at radius 3 is 2.96 bits per heavy atom. The molecule has 5 rings (SSSR count). The third-order valence-corrected chi connectivity index (χ3v) is 4.79. The first-order valence-corrected chi connectivity index (χ1v) is 8.46. The number of aromatic nitrogens is 6. The van der Waals surface area contributed by atoms with Crippen molar-refractivity contribution < 1.29 is 4.79 Å². The molecule has 0 radical (unpaired) electrons. The Balaban J connectivity index is 1.51. The van der Waals surface area contributed by atoms with Crippen LogP contribution in [0.5, 0.6) is 0 Å². The molecule has 4 aromatic rings. The summed E-state index contributed by atoms with van der Waals surface area (Å²) in [5.41, 5.74) is 4.20. The summed E-state index contributed by atoms with van der Waals surface area (Å²) in [7, 11) is 0. The number of rotatable bonds is 3. The fourth-order valence-corrected chi connectivity index (χ4v) is 3.25. The largest absolute Gasteiger partial charge is 0.325 e. The van der Waals surface area contributed by atoms with Crippen molar-refractivity contribution in [2.24, 2.45) is 0 Å². The Morgan fingerprint density at radius 2 is 2.15 bits per heavy atom. The molecule has 0 spiro atoms. The number of nitrogens with zero attached hydrogens (tertiary/aromatic N) is 5. The molecule has 3 aromatic heterocycles. The zero-order valence-corrected chi connectivity index (χ0v) is 14.7. The lowest BCUT2D eigenvalue weighted by Crippen LogP contribution is -2.26. The molecular weight excluding hydrogens is 344 g/mol. The average molecular weight is 360 g/mol. The van der Waals surface area contributed by atoms with Gasteiger partial charge in [0.25, 0.3) is 0 Å². The van der Waals surface area contributed by atoms with Crippen LogP contribution in [0.4, 0.5) is 17.3 Å². The van der Waals surface area contributed by atoms with Crippen LogP contribution in [-0.4, -0.2) is 35.7 Å². The van der Waals surface area contributed by atoms with Crippen molar-refractivity contribution in [2.45, 2.75) is 19.3 Å². The molecule has 3 N–H and O–H groups in total. The maximum atomic E-state index is 12.1. The molecule has 9 nitrogen and oxygen atoms in total. The van der Waals surface area contributed by atoms with Crippen LogP contribution in [0, 0.1) is 0 Å². The number of carbonyl (C=O) groups excluding carboxylic acids is 1. The lowest BCUT2D eigenvalue weighted by Gasteiger charge is -2.14. The highest BCUT2D eigenvalue weighted by atomic mass is 16.2. The number of hydrogen-bond donors (Lipinski definition) is 3. The van der Waals surface area contributed by atoms with E-state index in [1.54, 1.807) is 29.3 Å². The van der Waals surface area contributed by atoms with Crippen molar-refractivity contribution in [1.82, 2.24) is 29.8 Å². The molecule has 1 aliphatic heterocycles.